The summed E-state index contributed by atoms with van der Waals surface area (Å²) in [4.78, 5) is 0. The Hall–Kier alpha value is -0.580. The lowest BCUT2D eigenvalue weighted by atomic mass is 9.82. The Labute approximate surface area is 116 Å². The third-order valence-corrected chi connectivity index (χ3v) is 4.27. The number of aliphatic hydroxyl groups excluding tert-OH is 1. The molecule has 3 rings (SSSR count). The van der Waals surface area contributed by atoms with Gasteiger partial charge >= 0.3 is 0 Å². The van der Waals surface area contributed by atoms with Crippen molar-refractivity contribution in [2.24, 2.45) is 5.92 Å². The zero-order chi connectivity index (χ0) is 12.5. The molecule has 0 amide bonds. The average molecular weight is 312 g/mol. The van der Waals surface area contributed by atoms with E-state index in [1.807, 2.05) is 12.1 Å². The van der Waals surface area contributed by atoms with Gasteiger partial charge in [0, 0.05) is 17.4 Å². The van der Waals surface area contributed by atoms with E-state index in [-0.39, 0.29) is 12.2 Å². The maximum absolute atomic E-state index is 9.22. The van der Waals surface area contributed by atoms with Gasteiger partial charge in [0.1, 0.15) is 11.9 Å². The Balaban J connectivity index is 1.43. The van der Waals surface area contributed by atoms with Gasteiger partial charge in [-0.2, -0.15) is 0 Å². The molecule has 4 heteroatoms. The highest BCUT2D eigenvalue weighted by Gasteiger charge is 2.27. The number of fused-ring (bicyclic) bond motifs is 1. The molecule has 1 saturated carbocycles. The lowest BCUT2D eigenvalue weighted by Gasteiger charge is -2.31. The Morgan fingerprint density at radius 1 is 1.33 bits per heavy atom. The summed E-state index contributed by atoms with van der Waals surface area (Å²) < 4.78 is 7.00. The molecule has 0 saturated heterocycles. The molecule has 98 valence electrons. The maximum atomic E-state index is 9.22. The highest BCUT2D eigenvalue weighted by molar-refractivity contribution is 9.10. The van der Waals surface area contributed by atoms with Gasteiger partial charge in [-0.05, 0) is 49.1 Å². The van der Waals surface area contributed by atoms with E-state index >= 15 is 0 Å². The molecule has 1 atom stereocenters. The molecule has 3 nitrogen and oxygen atoms in total. The van der Waals surface area contributed by atoms with Gasteiger partial charge in [-0.15, -0.1) is 0 Å². The first-order chi connectivity index (χ1) is 8.70. The van der Waals surface area contributed by atoms with Crippen LogP contribution < -0.4 is 10.1 Å². The third kappa shape index (κ3) is 2.71. The quantitative estimate of drug-likeness (QED) is 0.895. The van der Waals surface area contributed by atoms with Crippen LogP contribution in [0.4, 0.5) is 0 Å². The zero-order valence-electron chi connectivity index (χ0n) is 10.2. The van der Waals surface area contributed by atoms with Gasteiger partial charge in [0.15, 0.2) is 0 Å². The number of nitrogens with one attached hydrogen (secondary N) is 1. The van der Waals surface area contributed by atoms with E-state index in [0.29, 0.717) is 5.92 Å². The summed E-state index contributed by atoms with van der Waals surface area (Å²) in [5.74, 6) is 1.67. The fraction of sp³-hybridized carbons (Fsp3) is 0.571. The fourth-order valence-electron chi connectivity index (χ4n) is 2.72. The monoisotopic (exact) mass is 311 g/mol. The van der Waals surface area contributed by atoms with Crippen LogP contribution >= 0.6 is 15.9 Å². The second-order valence-corrected chi connectivity index (χ2v) is 6.26. The number of rotatable bonds is 4. The predicted octanol–water partition coefficient (Wildman–Crippen LogP) is 2.11. The van der Waals surface area contributed by atoms with Crippen molar-refractivity contribution in [3.8, 4) is 5.75 Å². The molecule has 1 unspecified atom stereocenters. The average Bonchev–Trinajstić information content (AvgIpc) is 2.68. The van der Waals surface area contributed by atoms with Gasteiger partial charge in [-0.25, -0.2) is 0 Å². The molecule has 1 aliphatic heterocycles. The molecule has 1 heterocycles. The second-order valence-electron chi connectivity index (χ2n) is 5.35. The third-order valence-electron chi connectivity index (χ3n) is 3.78. The largest absolute Gasteiger partial charge is 0.488 e. The maximum Gasteiger partial charge on any atom is 0.123 e. The summed E-state index contributed by atoms with van der Waals surface area (Å²) in [6.45, 7) is 1.88. The summed E-state index contributed by atoms with van der Waals surface area (Å²) in [6, 6.07) is 6.18. The lowest BCUT2D eigenvalue weighted by molar-refractivity contribution is 0.0421. The van der Waals surface area contributed by atoms with Crippen LogP contribution in [0.5, 0.6) is 5.75 Å². The normalized spacial score (nSPS) is 29.6. The van der Waals surface area contributed by atoms with Crippen LogP contribution in [0.1, 0.15) is 18.4 Å². The van der Waals surface area contributed by atoms with E-state index in [0.717, 1.165) is 42.6 Å². The number of ether oxygens (including phenoxy) is 1. The number of hydrogen-bond acceptors (Lipinski definition) is 3. The minimum absolute atomic E-state index is 0.0545. The van der Waals surface area contributed by atoms with Crippen LogP contribution in [0, 0.1) is 5.92 Å². The predicted molar refractivity (Wildman–Crippen MR) is 73.9 cm³/mol. The first-order valence-electron chi connectivity index (χ1n) is 6.54. The van der Waals surface area contributed by atoms with Crippen LogP contribution in [-0.4, -0.2) is 30.4 Å². The Morgan fingerprint density at radius 2 is 2.17 bits per heavy atom. The second kappa shape index (κ2) is 5.19. The number of hydrogen-bond donors (Lipinski definition) is 2. The van der Waals surface area contributed by atoms with Gasteiger partial charge in [0.25, 0.3) is 0 Å². The number of halogens is 1. The molecule has 2 aliphatic rings. The molecule has 1 fully saturated rings. The Bertz CT molecular complexity index is 432. The molecule has 0 spiro atoms. The van der Waals surface area contributed by atoms with Crippen molar-refractivity contribution in [2.45, 2.75) is 31.5 Å². The molecule has 18 heavy (non-hydrogen) atoms. The van der Waals surface area contributed by atoms with Crippen LogP contribution in [0.2, 0.25) is 0 Å². The summed E-state index contributed by atoms with van der Waals surface area (Å²) in [6.07, 6.45) is 3.08. The standard InChI is InChI=1S/C14H18BrNO2/c15-11-1-2-14-10(5-11)6-13(18-14)8-16-7-9-3-12(17)4-9/h1-2,5,9,12-13,16-17H,3-4,6-8H2. The van der Waals surface area contributed by atoms with Gasteiger partial charge in [0.05, 0.1) is 6.10 Å². The van der Waals surface area contributed by atoms with Crippen molar-refractivity contribution in [2.75, 3.05) is 13.1 Å². The molecule has 0 radical (unpaired) electrons. The Kier molecular flexibility index (Phi) is 3.59. The van der Waals surface area contributed by atoms with Gasteiger partial charge in [-0.3, -0.25) is 0 Å². The molecular formula is C14H18BrNO2. The van der Waals surface area contributed by atoms with Crippen molar-refractivity contribution in [1.29, 1.82) is 0 Å². The van der Waals surface area contributed by atoms with Crippen LogP contribution in [0.25, 0.3) is 0 Å². The lowest BCUT2D eigenvalue weighted by Crippen LogP contribution is -2.39. The first-order valence-corrected chi connectivity index (χ1v) is 7.34. The van der Waals surface area contributed by atoms with Crippen molar-refractivity contribution >= 4 is 15.9 Å². The molecule has 0 aromatic heterocycles. The smallest absolute Gasteiger partial charge is 0.123 e. The highest BCUT2D eigenvalue weighted by atomic mass is 79.9. The van der Waals surface area contributed by atoms with Gasteiger partial charge in [-0.1, -0.05) is 15.9 Å². The van der Waals surface area contributed by atoms with Crippen molar-refractivity contribution < 1.29 is 9.84 Å². The number of benzene rings is 1. The molecular weight excluding hydrogens is 294 g/mol. The van der Waals surface area contributed by atoms with E-state index < -0.39 is 0 Å². The van der Waals surface area contributed by atoms with E-state index in [1.54, 1.807) is 0 Å². The first kappa shape index (κ1) is 12.5. The molecule has 1 aromatic carbocycles. The molecule has 1 aromatic rings. The fourth-order valence-corrected chi connectivity index (χ4v) is 3.13. The zero-order valence-corrected chi connectivity index (χ0v) is 11.8. The van der Waals surface area contributed by atoms with E-state index in [4.69, 9.17) is 4.74 Å². The van der Waals surface area contributed by atoms with Gasteiger partial charge in [0.2, 0.25) is 0 Å². The molecule has 1 aliphatic carbocycles. The van der Waals surface area contributed by atoms with Crippen molar-refractivity contribution in [3.63, 3.8) is 0 Å². The van der Waals surface area contributed by atoms with Crippen LogP contribution in [0.3, 0.4) is 0 Å². The van der Waals surface area contributed by atoms with Crippen LogP contribution in [-0.2, 0) is 6.42 Å². The summed E-state index contributed by atoms with van der Waals surface area (Å²) in [5.41, 5.74) is 1.29. The minimum Gasteiger partial charge on any atom is -0.488 e. The minimum atomic E-state index is -0.0545. The molecule has 2 N–H and O–H groups in total. The van der Waals surface area contributed by atoms with E-state index in [1.165, 1.54) is 5.56 Å². The van der Waals surface area contributed by atoms with E-state index in [9.17, 15) is 5.11 Å². The summed E-state index contributed by atoms with van der Waals surface area (Å²) in [5, 5.41) is 12.7. The Morgan fingerprint density at radius 3 is 2.94 bits per heavy atom. The summed E-state index contributed by atoms with van der Waals surface area (Å²) >= 11 is 3.48. The van der Waals surface area contributed by atoms with E-state index in [2.05, 4.69) is 27.3 Å². The van der Waals surface area contributed by atoms with Gasteiger partial charge < -0.3 is 15.2 Å². The topological polar surface area (TPSA) is 41.5 Å². The SMILES string of the molecule is OC1CC(CNCC2Cc3cc(Br)ccc3O2)C1. The molecule has 0 bridgehead atoms. The number of aliphatic hydroxyl groups is 1. The highest BCUT2D eigenvalue weighted by Crippen LogP contribution is 2.31. The summed E-state index contributed by atoms with van der Waals surface area (Å²) in [7, 11) is 0. The van der Waals surface area contributed by atoms with Crippen molar-refractivity contribution in [3.05, 3.63) is 28.2 Å². The van der Waals surface area contributed by atoms with Crippen LogP contribution in [0.15, 0.2) is 22.7 Å². The van der Waals surface area contributed by atoms with Crippen molar-refractivity contribution in [1.82, 2.24) is 5.32 Å².